The van der Waals surface area contributed by atoms with Crippen LogP contribution in [0.3, 0.4) is 0 Å². The van der Waals surface area contributed by atoms with Gasteiger partial charge >= 0.3 is 0 Å². The van der Waals surface area contributed by atoms with Crippen LogP contribution in [0.1, 0.15) is 18.6 Å². The van der Waals surface area contributed by atoms with E-state index in [1.54, 1.807) is 30.8 Å². The van der Waals surface area contributed by atoms with Gasteiger partial charge in [0.05, 0.1) is 11.8 Å². The van der Waals surface area contributed by atoms with Crippen LogP contribution in [0.2, 0.25) is 0 Å². The van der Waals surface area contributed by atoms with Crippen LogP contribution >= 0.6 is 11.8 Å². The molecule has 90 valence electrons. The Bertz CT molecular complexity index is 344. The van der Waals surface area contributed by atoms with Crippen LogP contribution in [0.25, 0.3) is 0 Å². The lowest BCUT2D eigenvalue weighted by Crippen LogP contribution is -2.21. The van der Waals surface area contributed by atoms with Crippen molar-refractivity contribution in [3.63, 3.8) is 0 Å². The van der Waals surface area contributed by atoms with Crippen molar-refractivity contribution in [2.24, 2.45) is 0 Å². The first-order chi connectivity index (χ1) is 7.56. The third kappa shape index (κ3) is 3.39. The van der Waals surface area contributed by atoms with Gasteiger partial charge in [0.15, 0.2) is 0 Å². The second-order valence-corrected chi connectivity index (χ2v) is 4.79. The van der Waals surface area contributed by atoms with Crippen molar-refractivity contribution in [3.8, 4) is 0 Å². The Balaban J connectivity index is 2.81. The maximum absolute atomic E-state index is 13.7. The van der Waals surface area contributed by atoms with Gasteiger partial charge in [-0.2, -0.15) is 11.8 Å². The van der Waals surface area contributed by atoms with Gasteiger partial charge in [0.25, 0.3) is 0 Å². The molecule has 1 N–H and O–H groups in total. The number of anilines is 1. The fourth-order valence-corrected chi connectivity index (χ4v) is 1.90. The summed E-state index contributed by atoms with van der Waals surface area (Å²) in [6.45, 7) is 2.44. The molecule has 1 aromatic carbocycles. The summed E-state index contributed by atoms with van der Waals surface area (Å²) in [5.74, 6) is 0.690. The van der Waals surface area contributed by atoms with Gasteiger partial charge in [-0.25, -0.2) is 4.39 Å². The van der Waals surface area contributed by atoms with Crippen molar-refractivity contribution in [2.75, 3.05) is 30.5 Å². The quantitative estimate of drug-likeness (QED) is 0.860. The first kappa shape index (κ1) is 13.3. The third-order valence-corrected chi connectivity index (χ3v) is 3.09. The molecule has 2 nitrogen and oxygen atoms in total. The van der Waals surface area contributed by atoms with Crippen LogP contribution in [0, 0.1) is 5.82 Å². The van der Waals surface area contributed by atoms with Gasteiger partial charge in [0.1, 0.15) is 5.82 Å². The van der Waals surface area contributed by atoms with Crippen molar-refractivity contribution in [1.82, 2.24) is 0 Å². The lowest BCUT2D eigenvalue weighted by molar-refractivity contribution is 0.199. The van der Waals surface area contributed by atoms with Crippen LogP contribution in [-0.2, 0) is 0 Å². The zero-order valence-corrected chi connectivity index (χ0v) is 10.7. The molecule has 1 aromatic rings. The standard InChI is InChI=1S/C12H18FNOS/c1-9(15)10-4-5-12(11(13)8-10)14(2)6-7-16-3/h4-5,8-9,15H,6-7H2,1-3H3/t9-/m1/s1. The second kappa shape index (κ2) is 6.11. The van der Waals surface area contributed by atoms with Crippen molar-refractivity contribution in [2.45, 2.75) is 13.0 Å². The molecule has 0 heterocycles. The largest absolute Gasteiger partial charge is 0.389 e. The Morgan fingerprint density at radius 3 is 2.69 bits per heavy atom. The number of nitrogens with zero attached hydrogens (tertiary/aromatic N) is 1. The summed E-state index contributed by atoms with van der Waals surface area (Å²) in [5.41, 5.74) is 1.19. The molecule has 0 aromatic heterocycles. The molecule has 0 aliphatic heterocycles. The fraction of sp³-hybridized carbons (Fsp3) is 0.500. The zero-order valence-electron chi connectivity index (χ0n) is 9.90. The third-order valence-electron chi connectivity index (χ3n) is 2.50. The van der Waals surface area contributed by atoms with Crippen LogP contribution < -0.4 is 4.90 Å². The molecule has 4 heteroatoms. The minimum absolute atomic E-state index is 0.276. The average molecular weight is 243 g/mol. The molecule has 0 bridgehead atoms. The Morgan fingerprint density at radius 2 is 2.19 bits per heavy atom. The Kier molecular flexibility index (Phi) is 5.09. The van der Waals surface area contributed by atoms with Gasteiger partial charge in [-0.15, -0.1) is 0 Å². The highest BCUT2D eigenvalue weighted by Crippen LogP contribution is 2.22. The van der Waals surface area contributed by atoms with Crippen molar-refractivity contribution in [3.05, 3.63) is 29.6 Å². The SMILES string of the molecule is CSCCN(C)c1ccc([C@@H](C)O)cc1F. The molecular formula is C12H18FNOS. The van der Waals surface area contributed by atoms with E-state index in [9.17, 15) is 9.50 Å². The van der Waals surface area contributed by atoms with Crippen molar-refractivity contribution >= 4 is 17.4 Å². The first-order valence-corrected chi connectivity index (χ1v) is 6.63. The fourth-order valence-electron chi connectivity index (χ4n) is 1.44. The summed E-state index contributed by atoms with van der Waals surface area (Å²) < 4.78 is 13.7. The van der Waals surface area contributed by atoms with Crippen LogP contribution in [0.4, 0.5) is 10.1 Å². The van der Waals surface area contributed by atoms with Crippen LogP contribution in [0.15, 0.2) is 18.2 Å². The van der Waals surface area contributed by atoms with E-state index < -0.39 is 6.10 Å². The highest BCUT2D eigenvalue weighted by atomic mass is 32.2. The Labute approximate surface area is 100 Å². The molecule has 0 aliphatic carbocycles. The minimum atomic E-state index is -0.625. The number of aliphatic hydroxyl groups is 1. The maximum atomic E-state index is 13.7. The number of hydrogen-bond acceptors (Lipinski definition) is 3. The van der Waals surface area contributed by atoms with E-state index in [0.29, 0.717) is 11.3 Å². The number of thioether (sulfide) groups is 1. The van der Waals surface area contributed by atoms with Crippen molar-refractivity contribution < 1.29 is 9.50 Å². The summed E-state index contributed by atoms with van der Waals surface area (Å²) in [4.78, 5) is 1.89. The molecule has 0 saturated carbocycles. The van der Waals surface area contributed by atoms with Gasteiger partial charge in [0, 0.05) is 19.3 Å². The van der Waals surface area contributed by atoms with Crippen LogP contribution in [-0.4, -0.2) is 30.7 Å². The topological polar surface area (TPSA) is 23.5 Å². The number of hydrogen-bond donors (Lipinski definition) is 1. The smallest absolute Gasteiger partial charge is 0.146 e. The molecule has 0 unspecified atom stereocenters. The Morgan fingerprint density at radius 1 is 1.50 bits per heavy atom. The van der Waals surface area contributed by atoms with Gasteiger partial charge in [0.2, 0.25) is 0 Å². The van der Waals surface area contributed by atoms with E-state index in [4.69, 9.17) is 0 Å². The summed E-state index contributed by atoms with van der Waals surface area (Å²) in [7, 11) is 1.87. The molecule has 1 rings (SSSR count). The minimum Gasteiger partial charge on any atom is -0.389 e. The zero-order chi connectivity index (χ0) is 12.1. The van der Waals surface area contributed by atoms with Gasteiger partial charge in [-0.05, 0) is 30.9 Å². The molecule has 0 spiro atoms. The molecule has 0 saturated heterocycles. The molecule has 0 amide bonds. The Hall–Kier alpha value is -0.740. The molecule has 0 aliphatic rings. The predicted molar refractivity (Wildman–Crippen MR) is 68.7 cm³/mol. The highest BCUT2D eigenvalue weighted by Gasteiger charge is 2.09. The average Bonchev–Trinajstić information content (AvgIpc) is 2.25. The van der Waals surface area contributed by atoms with E-state index in [1.807, 2.05) is 18.2 Å². The molecule has 1 atom stereocenters. The van der Waals surface area contributed by atoms with E-state index >= 15 is 0 Å². The van der Waals surface area contributed by atoms with Gasteiger partial charge in [-0.1, -0.05) is 6.07 Å². The molecule has 0 radical (unpaired) electrons. The molecule has 16 heavy (non-hydrogen) atoms. The summed E-state index contributed by atoms with van der Waals surface area (Å²) in [6, 6.07) is 4.88. The highest BCUT2D eigenvalue weighted by molar-refractivity contribution is 7.98. The lowest BCUT2D eigenvalue weighted by Gasteiger charge is -2.20. The number of benzene rings is 1. The van der Waals surface area contributed by atoms with E-state index in [0.717, 1.165) is 12.3 Å². The number of halogens is 1. The van der Waals surface area contributed by atoms with E-state index in [1.165, 1.54) is 6.07 Å². The van der Waals surface area contributed by atoms with Crippen LogP contribution in [0.5, 0.6) is 0 Å². The summed E-state index contributed by atoms with van der Waals surface area (Å²) >= 11 is 1.73. The summed E-state index contributed by atoms with van der Waals surface area (Å²) in [5, 5.41) is 9.34. The van der Waals surface area contributed by atoms with Crippen molar-refractivity contribution in [1.29, 1.82) is 0 Å². The van der Waals surface area contributed by atoms with Gasteiger partial charge in [-0.3, -0.25) is 0 Å². The lowest BCUT2D eigenvalue weighted by atomic mass is 10.1. The maximum Gasteiger partial charge on any atom is 0.146 e. The predicted octanol–water partition coefficient (Wildman–Crippen LogP) is 2.68. The van der Waals surface area contributed by atoms with Gasteiger partial charge < -0.3 is 10.0 Å². The normalized spacial score (nSPS) is 12.6. The second-order valence-electron chi connectivity index (χ2n) is 3.80. The molecule has 0 fully saturated rings. The number of rotatable bonds is 5. The monoisotopic (exact) mass is 243 g/mol. The van der Waals surface area contributed by atoms with E-state index in [2.05, 4.69) is 0 Å². The summed E-state index contributed by atoms with van der Waals surface area (Å²) in [6.07, 6.45) is 1.40. The first-order valence-electron chi connectivity index (χ1n) is 5.24. The molecular weight excluding hydrogens is 225 g/mol. The number of aliphatic hydroxyl groups excluding tert-OH is 1. The van der Waals surface area contributed by atoms with E-state index in [-0.39, 0.29) is 5.82 Å².